The van der Waals surface area contributed by atoms with Crippen LogP contribution in [0.2, 0.25) is 0 Å². The van der Waals surface area contributed by atoms with E-state index in [4.69, 9.17) is 10.2 Å². The van der Waals surface area contributed by atoms with Crippen LogP contribution in [0.5, 0.6) is 0 Å². The summed E-state index contributed by atoms with van der Waals surface area (Å²) in [6.45, 7) is 4.46. The van der Waals surface area contributed by atoms with E-state index in [2.05, 4.69) is 25.9 Å². The third kappa shape index (κ3) is 17.7. The van der Waals surface area contributed by atoms with Crippen LogP contribution in [0.15, 0.2) is 0 Å². The van der Waals surface area contributed by atoms with Gasteiger partial charge in [0.1, 0.15) is 6.10 Å². The monoisotopic (exact) mass is 163 g/mol. The van der Waals surface area contributed by atoms with Gasteiger partial charge in [-0.15, -0.1) is 0 Å². The molecule has 1 atom stereocenters. The second-order valence-corrected chi connectivity index (χ2v) is 2.41. The van der Waals surface area contributed by atoms with E-state index < -0.39 is 12.1 Å². The summed E-state index contributed by atoms with van der Waals surface area (Å²) in [5.41, 5.74) is 0. The van der Waals surface area contributed by atoms with Crippen molar-refractivity contribution in [2.75, 3.05) is 20.6 Å². The highest BCUT2D eigenvalue weighted by molar-refractivity contribution is 5.71. The quantitative estimate of drug-likeness (QED) is 0.602. The normalized spacial score (nSPS) is 11.8. The zero-order chi connectivity index (χ0) is 9.44. The molecule has 0 heterocycles. The molecule has 4 nitrogen and oxygen atoms in total. The number of hydrogen-bond donors (Lipinski definition) is 2. The average Bonchev–Trinajstić information content (AvgIpc) is 1.89. The molecule has 0 spiro atoms. The summed E-state index contributed by atoms with van der Waals surface area (Å²) < 4.78 is 0. The molecule has 11 heavy (non-hydrogen) atoms. The first-order valence-corrected chi connectivity index (χ1v) is 3.47. The number of nitrogens with zero attached hydrogens (tertiary/aromatic N) is 1. The maximum absolute atomic E-state index is 9.45. The molecule has 0 fully saturated rings. The van der Waals surface area contributed by atoms with Gasteiger partial charge in [0.25, 0.3) is 0 Å². The SMILES string of the molecule is CC(O)C(=O)O.CCN(C)C. The van der Waals surface area contributed by atoms with Gasteiger partial charge in [0.15, 0.2) is 0 Å². The maximum atomic E-state index is 9.45. The van der Waals surface area contributed by atoms with Gasteiger partial charge in [0.05, 0.1) is 0 Å². The van der Waals surface area contributed by atoms with Crippen molar-refractivity contribution in [3.8, 4) is 0 Å². The molecule has 68 valence electrons. The molecule has 0 aromatic rings. The van der Waals surface area contributed by atoms with Gasteiger partial charge in [-0.25, -0.2) is 4.79 Å². The van der Waals surface area contributed by atoms with E-state index in [9.17, 15) is 4.79 Å². The van der Waals surface area contributed by atoms with Crippen molar-refractivity contribution in [3.05, 3.63) is 0 Å². The molecule has 0 aliphatic carbocycles. The number of aliphatic carboxylic acids is 1. The number of rotatable bonds is 2. The molecule has 0 amide bonds. The molecule has 0 saturated carbocycles. The number of aliphatic hydroxyl groups is 1. The average molecular weight is 163 g/mol. The highest BCUT2D eigenvalue weighted by Crippen LogP contribution is 1.73. The number of aliphatic hydroxyl groups excluding tert-OH is 1. The molecule has 0 radical (unpaired) electrons. The first-order valence-electron chi connectivity index (χ1n) is 3.47. The van der Waals surface area contributed by atoms with E-state index in [1.165, 1.54) is 6.92 Å². The first-order chi connectivity index (χ1) is 4.91. The second-order valence-electron chi connectivity index (χ2n) is 2.41. The van der Waals surface area contributed by atoms with Crippen LogP contribution < -0.4 is 0 Å². The summed E-state index contributed by atoms with van der Waals surface area (Å²) in [4.78, 5) is 11.6. The van der Waals surface area contributed by atoms with E-state index in [1.807, 2.05) is 0 Å². The summed E-state index contributed by atoms with van der Waals surface area (Å²) in [6.07, 6.45) is -1.23. The lowest BCUT2D eigenvalue weighted by Gasteiger charge is -2.00. The Morgan fingerprint density at radius 2 is 1.73 bits per heavy atom. The fourth-order valence-corrected chi connectivity index (χ4v) is 0. The van der Waals surface area contributed by atoms with Gasteiger partial charge >= 0.3 is 5.97 Å². The van der Waals surface area contributed by atoms with Crippen LogP contribution in [-0.4, -0.2) is 47.8 Å². The van der Waals surface area contributed by atoms with E-state index in [0.29, 0.717) is 0 Å². The Kier molecular flexibility index (Phi) is 8.87. The number of carboxylic acids is 1. The van der Waals surface area contributed by atoms with Crippen LogP contribution in [0.25, 0.3) is 0 Å². The molecule has 4 heteroatoms. The minimum atomic E-state index is -1.23. The van der Waals surface area contributed by atoms with Crippen LogP contribution in [0.4, 0.5) is 0 Å². The minimum absolute atomic E-state index is 1.14. The Hall–Kier alpha value is -0.610. The van der Waals surface area contributed by atoms with Crippen molar-refractivity contribution >= 4 is 5.97 Å². The third-order valence-electron chi connectivity index (χ3n) is 0.990. The Labute approximate surface area is 67.4 Å². The van der Waals surface area contributed by atoms with Gasteiger partial charge in [-0.2, -0.15) is 0 Å². The van der Waals surface area contributed by atoms with Crippen LogP contribution in [0.1, 0.15) is 13.8 Å². The van der Waals surface area contributed by atoms with Gasteiger partial charge in [0, 0.05) is 0 Å². The molecule has 0 rings (SSSR count). The highest BCUT2D eigenvalue weighted by Gasteiger charge is 2.01. The topological polar surface area (TPSA) is 60.8 Å². The predicted molar refractivity (Wildman–Crippen MR) is 43.5 cm³/mol. The second kappa shape index (κ2) is 7.50. The third-order valence-corrected chi connectivity index (χ3v) is 0.990. The molecular formula is C7H17NO3. The summed E-state index contributed by atoms with van der Waals surface area (Å²) in [5, 5.41) is 15.8. The fraction of sp³-hybridized carbons (Fsp3) is 0.857. The maximum Gasteiger partial charge on any atom is 0.332 e. The van der Waals surface area contributed by atoms with Crippen LogP contribution in [0.3, 0.4) is 0 Å². The Balaban J connectivity index is 0. The van der Waals surface area contributed by atoms with Crippen molar-refractivity contribution in [2.45, 2.75) is 20.0 Å². The summed E-state index contributed by atoms with van der Waals surface area (Å²) in [7, 11) is 4.11. The Morgan fingerprint density at radius 3 is 1.73 bits per heavy atom. The summed E-state index contributed by atoms with van der Waals surface area (Å²) in [6, 6.07) is 0. The molecule has 0 aromatic carbocycles. The number of carbonyl (C=O) groups is 1. The zero-order valence-corrected chi connectivity index (χ0v) is 7.53. The van der Waals surface area contributed by atoms with Gasteiger partial charge in [-0.3, -0.25) is 0 Å². The van der Waals surface area contributed by atoms with E-state index in [0.717, 1.165) is 6.54 Å². The van der Waals surface area contributed by atoms with Gasteiger partial charge in [-0.05, 0) is 27.6 Å². The number of carboxylic acid groups (broad SMARTS) is 1. The zero-order valence-electron chi connectivity index (χ0n) is 7.53. The number of hydrogen-bond acceptors (Lipinski definition) is 3. The molecule has 1 unspecified atom stereocenters. The van der Waals surface area contributed by atoms with Crippen molar-refractivity contribution in [1.29, 1.82) is 0 Å². The molecular weight excluding hydrogens is 146 g/mol. The van der Waals surface area contributed by atoms with Crippen molar-refractivity contribution in [2.24, 2.45) is 0 Å². The molecule has 0 bridgehead atoms. The molecule has 0 saturated heterocycles. The Bertz CT molecular complexity index is 102. The molecule has 2 N–H and O–H groups in total. The first kappa shape index (κ1) is 13.0. The lowest BCUT2D eigenvalue weighted by atomic mass is 10.4. The van der Waals surface area contributed by atoms with Gasteiger partial charge < -0.3 is 15.1 Å². The van der Waals surface area contributed by atoms with Gasteiger partial charge in [0.2, 0.25) is 0 Å². The molecule has 0 aliphatic heterocycles. The minimum Gasteiger partial charge on any atom is -0.479 e. The van der Waals surface area contributed by atoms with Crippen molar-refractivity contribution < 1.29 is 15.0 Å². The lowest BCUT2D eigenvalue weighted by Crippen LogP contribution is -2.13. The van der Waals surface area contributed by atoms with E-state index in [-0.39, 0.29) is 0 Å². The standard InChI is InChI=1S/C4H11N.C3H6O3/c1-4-5(2)3;1-2(4)3(5)6/h4H2,1-3H3;2,4H,1H3,(H,5,6). The fourth-order valence-electron chi connectivity index (χ4n) is 0. The Morgan fingerprint density at radius 1 is 1.55 bits per heavy atom. The lowest BCUT2D eigenvalue weighted by molar-refractivity contribution is -0.145. The summed E-state index contributed by atoms with van der Waals surface area (Å²) in [5.74, 6) is -1.19. The van der Waals surface area contributed by atoms with E-state index >= 15 is 0 Å². The molecule has 0 aromatic heterocycles. The smallest absolute Gasteiger partial charge is 0.332 e. The molecule has 0 aliphatic rings. The summed E-state index contributed by atoms with van der Waals surface area (Å²) >= 11 is 0. The van der Waals surface area contributed by atoms with Crippen LogP contribution in [0, 0.1) is 0 Å². The van der Waals surface area contributed by atoms with Gasteiger partial charge in [-0.1, -0.05) is 6.92 Å². The largest absolute Gasteiger partial charge is 0.479 e. The van der Waals surface area contributed by atoms with Crippen LogP contribution in [-0.2, 0) is 4.79 Å². The van der Waals surface area contributed by atoms with E-state index in [1.54, 1.807) is 0 Å². The van der Waals surface area contributed by atoms with Crippen molar-refractivity contribution in [3.63, 3.8) is 0 Å². The highest BCUT2D eigenvalue weighted by atomic mass is 16.4. The predicted octanol–water partition coefficient (Wildman–Crippen LogP) is 0.0197. The van der Waals surface area contributed by atoms with Crippen LogP contribution >= 0.6 is 0 Å². The van der Waals surface area contributed by atoms with Crippen molar-refractivity contribution in [1.82, 2.24) is 4.90 Å².